The molecule has 2 atom stereocenters. The van der Waals surface area contributed by atoms with Gasteiger partial charge in [-0.05, 0) is 18.9 Å². The van der Waals surface area contributed by atoms with Crippen LogP contribution < -0.4 is 0 Å². The lowest BCUT2D eigenvalue weighted by Gasteiger charge is -2.18. The van der Waals surface area contributed by atoms with Gasteiger partial charge in [-0.1, -0.05) is 0 Å². The molecule has 2 heterocycles. The van der Waals surface area contributed by atoms with E-state index < -0.39 is 9.84 Å². The van der Waals surface area contributed by atoms with Crippen LogP contribution in [0.15, 0.2) is 0 Å². The smallest absolute Gasteiger partial charge is 0.148 e. The lowest BCUT2D eigenvalue weighted by atomic mass is 10.0. The van der Waals surface area contributed by atoms with Gasteiger partial charge in [-0.15, -0.1) is 0 Å². The summed E-state index contributed by atoms with van der Waals surface area (Å²) in [5.74, 6) is 1.85. The average Bonchev–Trinajstić information content (AvgIpc) is 2.55. The number of hydrogen-bond donors (Lipinski definition) is 0. The minimum absolute atomic E-state index is 0.308. The molecule has 0 aliphatic carbocycles. The molecule has 0 aromatic carbocycles. The van der Waals surface area contributed by atoms with Gasteiger partial charge in [0.05, 0.1) is 5.75 Å². The topological polar surface area (TPSA) is 40.6 Å². The normalized spacial score (nSPS) is 33.5. The summed E-state index contributed by atoms with van der Waals surface area (Å²) in [6, 6.07) is 0. The third-order valence-electron chi connectivity index (χ3n) is 3.52. The van der Waals surface area contributed by atoms with Crippen molar-refractivity contribution in [1.29, 1.82) is 0 Å². The van der Waals surface area contributed by atoms with Gasteiger partial charge in [0.15, 0.2) is 0 Å². The molecule has 88 valence electrons. The Balaban J connectivity index is 1.80. The van der Waals surface area contributed by atoms with Gasteiger partial charge < -0.3 is 9.80 Å². The first-order valence-electron chi connectivity index (χ1n) is 5.52. The summed E-state index contributed by atoms with van der Waals surface area (Å²) in [6.07, 6.45) is 1.32. The van der Waals surface area contributed by atoms with Gasteiger partial charge in [0.25, 0.3) is 0 Å². The second kappa shape index (κ2) is 4.03. The molecule has 2 saturated heterocycles. The fourth-order valence-corrected chi connectivity index (χ4v) is 3.39. The Kier molecular flexibility index (Phi) is 3.05. The first kappa shape index (κ1) is 11.4. The Bertz CT molecular complexity index is 314. The first-order chi connectivity index (χ1) is 6.94. The molecule has 0 amide bonds. The fraction of sp³-hybridized carbons (Fsp3) is 1.00. The van der Waals surface area contributed by atoms with Crippen LogP contribution in [-0.2, 0) is 9.84 Å². The van der Waals surface area contributed by atoms with Crippen molar-refractivity contribution in [1.82, 2.24) is 9.80 Å². The first-order valence-corrected chi connectivity index (χ1v) is 7.59. The third kappa shape index (κ3) is 2.92. The van der Waals surface area contributed by atoms with Gasteiger partial charge in [-0.3, -0.25) is 0 Å². The molecule has 5 heteroatoms. The van der Waals surface area contributed by atoms with Crippen molar-refractivity contribution in [3.63, 3.8) is 0 Å². The van der Waals surface area contributed by atoms with E-state index in [0.717, 1.165) is 31.5 Å². The van der Waals surface area contributed by atoms with Crippen LogP contribution in [0.2, 0.25) is 0 Å². The van der Waals surface area contributed by atoms with Crippen LogP contribution in [0.1, 0.15) is 0 Å². The molecule has 2 aliphatic rings. The molecular weight excluding hydrogens is 212 g/mol. The summed E-state index contributed by atoms with van der Waals surface area (Å²) in [5, 5.41) is 0. The van der Waals surface area contributed by atoms with E-state index in [0.29, 0.717) is 5.75 Å². The molecule has 2 fully saturated rings. The highest BCUT2D eigenvalue weighted by atomic mass is 32.2. The minimum atomic E-state index is -2.80. The molecule has 0 aromatic heterocycles. The van der Waals surface area contributed by atoms with E-state index in [9.17, 15) is 8.42 Å². The van der Waals surface area contributed by atoms with Crippen molar-refractivity contribution in [3.05, 3.63) is 0 Å². The van der Waals surface area contributed by atoms with Crippen LogP contribution in [0.25, 0.3) is 0 Å². The second-order valence-electron chi connectivity index (χ2n) is 5.13. The van der Waals surface area contributed by atoms with E-state index >= 15 is 0 Å². The highest BCUT2D eigenvalue weighted by Crippen LogP contribution is 2.29. The summed E-state index contributed by atoms with van der Waals surface area (Å²) in [6.45, 7) is 5.25. The number of hydrogen-bond acceptors (Lipinski definition) is 4. The molecule has 0 spiro atoms. The molecule has 0 bridgehead atoms. The van der Waals surface area contributed by atoms with Crippen molar-refractivity contribution < 1.29 is 8.42 Å². The summed E-state index contributed by atoms with van der Waals surface area (Å²) in [4.78, 5) is 4.69. The Morgan fingerprint density at radius 1 is 1.13 bits per heavy atom. The zero-order valence-electron chi connectivity index (χ0n) is 9.52. The monoisotopic (exact) mass is 232 g/mol. The molecule has 0 saturated carbocycles. The van der Waals surface area contributed by atoms with Gasteiger partial charge in [0.1, 0.15) is 9.84 Å². The maximum atomic E-state index is 11.1. The maximum absolute atomic E-state index is 11.1. The lowest BCUT2D eigenvalue weighted by Crippen LogP contribution is -2.30. The number of rotatable bonds is 3. The second-order valence-corrected chi connectivity index (χ2v) is 7.39. The zero-order chi connectivity index (χ0) is 11.1. The highest BCUT2D eigenvalue weighted by molar-refractivity contribution is 7.90. The Labute approximate surface area is 92.2 Å². The summed E-state index contributed by atoms with van der Waals surface area (Å²) < 4.78 is 22.1. The zero-order valence-corrected chi connectivity index (χ0v) is 10.3. The minimum Gasteiger partial charge on any atom is -0.306 e. The maximum Gasteiger partial charge on any atom is 0.148 e. The molecule has 4 nitrogen and oxygen atoms in total. The molecule has 15 heavy (non-hydrogen) atoms. The van der Waals surface area contributed by atoms with Gasteiger partial charge in [0.2, 0.25) is 0 Å². The number of fused-ring (bicyclic) bond motifs is 1. The summed E-state index contributed by atoms with van der Waals surface area (Å²) >= 11 is 0. The van der Waals surface area contributed by atoms with Crippen LogP contribution in [0.4, 0.5) is 0 Å². The number of nitrogens with zero attached hydrogens (tertiary/aromatic N) is 2. The van der Waals surface area contributed by atoms with Gasteiger partial charge in [0, 0.05) is 39.0 Å². The Hall–Kier alpha value is -0.130. The summed E-state index contributed by atoms with van der Waals surface area (Å²) in [5.41, 5.74) is 0. The van der Waals surface area contributed by atoms with Crippen molar-refractivity contribution in [2.75, 3.05) is 51.8 Å². The third-order valence-corrected chi connectivity index (χ3v) is 4.45. The van der Waals surface area contributed by atoms with Crippen molar-refractivity contribution >= 4 is 9.84 Å². The number of likely N-dealkylation sites (tertiary alicyclic amines) is 2. The Morgan fingerprint density at radius 3 is 2.13 bits per heavy atom. The van der Waals surface area contributed by atoms with Crippen molar-refractivity contribution in [2.45, 2.75) is 0 Å². The SMILES string of the molecule is CN1C[C@@H]2CN(CCS(C)(=O)=O)C[C@@H]2C1. The van der Waals surface area contributed by atoms with Gasteiger partial charge in [-0.25, -0.2) is 8.42 Å². The molecule has 0 aromatic rings. The van der Waals surface area contributed by atoms with Crippen LogP contribution >= 0.6 is 0 Å². The van der Waals surface area contributed by atoms with Crippen LogP contribution in [0.5, 0.6) is 0 Å². The largest absolute Gasteiger partial charge is 0.306 e. The molecule has 2 aliphatic heterocycles. The highest BCUT2D eigenvalue weighted by Gasteiger charge is 2.38. The molecule has 0 N–H and O–H groups in total. The predicted octanol–water partition coefficient (Wildman–Crippen LogP) is -0.476. The van der Waals surface area contributed by atoms with Crippen LogP contribution in [0, 0.1) is 11.8 Å². The van der Waals surface area contributed by atoms with Crippen molar-refractivity contribution in [2.24, 2.45) is 11.8 Å². The number of sulfone groups is 1. The van der Waals surface area contributed by atoms with E-state index in [1.807, 2.05) is 0 Å². The standard InChI is InChI=1S/C10H20N2O2S/c1-11-5-9-7-12(8-10(9)6-11)3-4-15(2,13)14/h9-10H,3-8H2,1-2H3/t9-,10+. The van der Waals surface area contributed by atoms with Crippen LogP contribution in [-0.4, -0.2) is 70.0 Å². The summed E-state index contributed by atoms with van der Waals surface area (Å²) in [7, 11) is -0.632. The van der Waals surface area contributed by atoms with E-state index in [1.54, 1.807) is 0 Å². The molecule has 0 unspecified atom stereocenters. The van der Waals surface area contributed by atoms with Gasteiger partial charge in [-0.2, -0.15) is 0 Å². The van der Waals surface area contributed by atoms with Gasteiger partial charge >= 0.3 is 0 Å². The molecule has 2 rings (SSSR count). The Morgan fingerprint density at radius 2 is 1.67 bits per heavy atom. The lowest BCUT2D eigenvalue weighted by molar-refractivity contribution is 0.289. The van der Waals surface area contributed by atoms with Crippen LogP contribution in [0.3, 0.4) is 0 Å². The molecular formula is C10H20N2O2S. The van der Waals surface area contributed by atoms with E-state index in [4.69, 9.17) is 0 Å². The van der Waals surface area contributed by atoms with E-state index in [1.165, 1.54) is 19.3 Å². The van der Waals surface area contributed by atoms with Crippen molar-refractivity contribution in [3.8, 4) is 0 Å². The van der Waals surface area contributed by atoms with E-state index in [-0.39, 0.29) is 0 Å². The average molecular weight is 232 g/mol. The quantitative estimate of drug-likeness (QED) is 0.659. The van der Waals surface area contributed by atoms with E-state index in [2.05, 4.69) is 16.8 Å². The molecule has 0 radical (unpaired) electrons. The fourth-order valence-electron chi connectivity index (χ4n) is 2.80. The predicted molar refractivity (Wildman–Crippen MR) is 60.6 cm³/mol.